The second-order valence-corrected chi connectivity index (χ2v) is 3.51. The minimum absolute atomic E-state index is 0. The summed E-state index contributed by atoms with van der Waals surface area (Å²) in [6, 6.07) is 0. The first-order valence-corrected chi connectivity index (χ1v) is 4.38. The lowest BCUT2D eigenvalue weighted by Crippen LogP contribution is -2.17. The predicted molar refractivity (Wildman–Crippen MR) is 49.2 cm³/mol. The third-order valence-electron chi connectivity index (χ3n) is 2.86. The molecule has 0 radical (unpaired) electrons. The van der Waals surface area contributed by atoms with Crippen molar-refractivity contribution in [2.45, 2.75) is 12.8 Å². The molecule has 2 nitrogen and oxygen atoms in total. The highest BCUT2D eigenvalue weighted by Crippen LogP contribution is 2.24. The molecule has 2 saturated heterocycles. The first-order chi connectivity index (χ1) is 4.97. The fraction of sp³-hybridized carbons (Fsp3) is 1.00. The molecule has 3 heteroatoms. The van der Waals surface area contributed by atoms with Crippen molar-refractivity contribution in [3.05, 3.63) is 0 Å². The Morgan fingerprint density at radius 1 is 0.818 bits per heavy atom. The first-order valence-electron chi connectivity index (χ1n) is 4.38. The molecule has 0 amide bonds. The van der Waals surface area contributed by atoms with E-state index in [1.165, 1.54) is 39.0 Å². The molecule has 2 heterocycles. The number of nitrogens with one attached hydrogen (secondary N) is 2. The summed E-state index contributed by atoms with van der Waals surface area (Å²) in [4.78, 5) is 0. The molecule has 0 aromatic rings. The largest absolute Gasteiger partial charge is 0.317 e. The highest BCUT2D eigenvalue weighted by molar-refractivity contribution is 5.85. The van der Waals surface area contributed by atoms with Crippen LogP contribution >= 0.6 is 12.4 Å². The second-order valence-electron chi connectivity index (χ2n) is 3.51. The zero-order chi connectivity index (χ0) is 6.81. The Balaban J connectivity index is 0.000000605. The van der Waals surface area contributed by atoms with Crippen molar-refractivity contribution in [1.29, 1.82) is 0 Å². The van der Waals surface area contributed by atoms with E-state index in [4.69, 9.17) is 0 Å². The van der Waals surface area contributed by atoms with Crippen molar-refractivity contribution in [2.75, 3.05) is 26.2 Å². The molecular formula is C8H17ClN2. The number of hydrogen-bond acceptors (Lipinski definition) is 2. The van der Waals surface area contributed by atoms with Gasteiger partial charge in [-0.3, -0.25) is 0 Å². The van der Waals surface area contributed by atoms with Gasteiger partial charge < -0.3 is 10.6 Å². The third-order valence-corrected chi connectivity index (χ3v) is 2.86. The molecule has 2 aliphatic rings. The van der Waals surface area contributed by atoms with Crippen LogP contribution in [0.25, 0.3) is 0 Å². The molecule has 2 unspecified atom stereocenters. The average Bonchev–Trinajstić information content (AvgIpc) is 2.28. The van der Waals surface area contributed by atoms with Crippen LogP contribution in [0.1, 0.15) is 12.8 Å². The van der Waals surface area contributed by atoms with Crippen LogP contribution < -0.4 is 10.6 Å². The van der Waals surface area contributed by atoms with Gasteiger partial charge in [-0.05, 0) is 50.9 Å². The molecule has 0 aromatic carbocycles. The summed E-state index contributed by atoms with van der Waals surface area (Å²) in [5.41, 5.74) is 0. The van der Waals surface area contributed by atoms with E-state index < -0.39 is 0 Å². The lowest BCUT2D eigenvalue weighted by Gasteiger charge is -2.12. The minimum Gasteiger partial charge on any atom is -0.317 e. The lowest BCUT2D eigenvalue weighted by atomic mass is 9.92. The fourth-order valence-corrected chi connectivity index (χ4v) is 2.16. The van der Waals surface area contributed by atoms with Gasteiger partial charge in [-0.25, -0.2) is 0 Å². The zero-order valence-corrected chi connectivity index (χ0v) is 7.62. The van der Waals surface area contributed by atoms with Crippen LogP contribution in [0.3, 0.4) is 0 Å². The Labute approximate surface area is 74.5 Å². The van der Waals surface area contributed by atoms with Crippen LogP contribution in [0, 0.1) is 11.8 Å². The Kier molecular flexibility index (Phi) is 3.63. The quantitative estimate of drug-likeness (QED) is 0.566. The lowest BCUT2D eigenvalue weighted by molar-refractivity contribution is 0.409. The van der Waals surface area contributed by atoms with E-state index in [0.717, 1.165) is 11.8 Å². The normalized spacial score (nSPS) is 37.1. The van der Waals surface area contributed by atoms with Crippen molar-refractivity contribution >= 4 is 12.4 Å². The summed E-state index contributed by atoms with van der Waals surface area (Å²) in [5.74, 6) is 1.96. The van der Waals surface area contributed by atoms with E-state index in [2.05, 4.69) is 10.6 Å². The van der Waals surface area contributed by atoms with Gasteiger partial charge in [0.2, 0.25) is 0 Å². The maximum absolute atomic E-state index is 3.46. The van der Waals surface area contributed by atoms with Crippen LogP contribution in [0.2, 0.25) is 0 Å². The van der Waals surface area contributed by atoms with Gasteiger partial charge in [0.05, 0.1) is 0 Å². The summed E-state index contributed by atoms with van der Waals surface area (Å²) >= 11 is 0. The molecule has 2 aliphatic heterocycles. The molecule has 0 aromatic heterocycles. The predicted octanol–water partition coefficient (Wildman–Crippen LogP) is 0.627. The molecule has 0 saturated carbocycles. The van der Waals surface area contributed by atoms with Crippen LogP contribution in [-0.2, 0) is 0 Å². The molecule has 2 fully saturated rings. The highest BCUT2D eigenvalue weighted by Gasteiger charge is 2.27. The molecular weight excluding hydrogens is 160 g/mol. The summed E-state index contributed by atoms with van der Waals surface area (Å²) in [6.45, 7) is 5.02. The van der Waals surface area contributed by atoms with Crippen molar-refractivity contribution in [2.24, 2.45) is 11.8 Å². The van der Waals surface area contributed by atoms with Crippen LogP contribution in [0.5, 0.6) is 0 Å². The second kappa shape index (κ2) is 4.29. The first kappa shape index (κ1) is 9.30. The third kappa shape index (κ3) is 2.08. The smallest absolute Gasteiger partial charge is 0.00168 e. The number of rotatable bonds is 0. The highest BCUT2D eigenvalue weighted by atomic mass is 35.5. The Bertz CT molecular complexity index is 107. The maximum atomic E-state index is 3.46. The SMILES string of the molecule is C1CC2CNCC2CCN1.Cl. The van der Waals surface area contributed by atoms with Gasteiger partial charge in [0.15, 0.2) is 0 Å². The van der Waals surface area contributed by atoms with Gasteiger partial charge in [0.25, 0.3) is 0 Å². The topological polar surface area (TPSA) is 24.1 Å². The fourth-order valence-electron chi connectivity index (χ4n) is 2.16. The Morgan fingerprint density at radius 2 is 1.36 bits per heavy atom. The van der Waals surface area contributed by atoms with E-state index in [1.807, 2.05) is 0 Å². The van der Waals surface area contributed by atoms with E-state index in [0.29, 0.717) is 0 Å². The number of hydrogen-bond donors (Lipinski definition) is 2. The van der Waals surface area contributed by atoms with Crippen molar-refractivity contribution in [3.8, 4) is 0 Å². The van der Waals surface area contributed by atoms with E-state index in [9.17, 15) is 0 Å². The molecule has 2 rings (SSSR count). The van der Waals surface area contributed by atoms with Crippen LogP contribution in [-0.4, -0.2) is 26.2 Å². The monoisotopic (exact) mass is 176 g/mol. The standard InChI is InChI=1S/C8H16N2.ClH/c1-3-9-4-2-8-6-10-5-7(1)8;/h7-10H,1-6H2;1H. The van der Waals surface area contributed by atoms with Crippen molar-refractivity contribution < 1.29 is 0 Å². The minimum atomic E-state index is 0. The molecule has 2 N–H and O–H groups in total. The molecule has 0 bridgehead atoms. The zero-order valence-electron chi connectivity index (χ0n) is 6.81. The van der Waals surface area contributed by atoms with E-state index >= 15 is 0 Å². The van der Waals surface area contributed by atoms with Crippen LogP contribution in [0.15, 0.2) is 0 Å². The summed E-state index contributed by atoms with van der Waals surface area (Å²) in [6.07, 6.45) is 2.77. The molecule has 2 atom stereocenters. The van der Waals surface area contributed by atoms with E-state index in [1.54, 1.807) is 0 Å². The van der Waals surface area contributed by atoms with Gasteiger partial charge in [0, 0.05) is 0 Å². The summed E-state index contributed by atoms with van der Waals surface area (Å²) in [7, 11) is 0. The number of halogens is 1. The van der Waals surface area contributed by atoms with Gasteiger partial charge in [0.1, 0.15) is 0 Å². The van der Waals surface area contributed by atoms with Crippen LogP contribution in [0.4, 0.5) is 0 Å². The van der Waals surface area contributed by atoms with Gasteiger partial charge in [-0.15, -0.1) is 12.4 Å². The van der Waals surface area contributed by atoms with Crippen molar-refractivity contribution in [3.63, 3.8) is 0 Å². The van der Waals surface area contributed by atoms with Crippen molar-refractivity contribution in [1.82, 2.24) is 10.6 Å². The number of fused-ring (bicyclic) bond motifs is 1. The van der Waals surface area contributed by atoms with E-state index in [-0.39, 0.29) is 12.4 Å². The Morgan fingerprint density at radius 3 is 1.91 bits per heavy atom. The van der Waals surface area contributed by atoms with Gasteiger partial charge in [-0.2, -0.15) is 0 Å². The summed E-state index contributed by atoms with van der Waals surface area (Å²) in [5, 5.41) is 6.91. The molecule has 66 valence electrons. The Hall–Kier alpha value is 0.210. The molecule has 0 spiro atoms. The maximum Gasteiger partial charge on any atom is -0.00168 e. The summed E-state index contributed by atoms with van der Waals surface area (Å²) < 4.78 is 0. The van der Waals surface area contributed by atoms with Gasteiger partial charge in [-0.1, -0.05) is 0 Å². The average molecular weight is 177 g/mol. The van der Waals surface area contributed by atoms with Gasteiger partial charge >= 0.3 is 0 Å². The molecule has 0 aliphatic carbocycles. The molecule has 11 heavy (non-hydrogen) atoms.